The molecule has 1 atom stereocenters. The second kappa shape index (κ2) is 5.55. The smallest absolute Gasteiger partial charge is 0.253 e. The van der Waals surface area contributed by atoms with Gasteiger partial charge in [-0.2, -0.15) is 0 Å². The maximum atomic E-state index is 3.19. The number of imidazole rings is 1. The van der Waals surface area contributed by atoms with Gasteiger partial charge in [-0.25, -0.2) is 9.32 Å². The molecule has 0 saturated carbocycles. The molecule has 0 radical (unpaired) electrons. The third kappa shape index (κ3) is 2.76. The predicted molar refractivity (Wildman–Crippen MR) is 49.4 cm³/mol. The minimum atomic E-state index is 0. The summed E-state index contributed by atoms with van der Waals surface area (Å²) in [5, 5.41) is 0. The van der Waals surface area contributed by atoms with E-state index in [0.717, 1.165) is 0 Å². The summed E-state index contributed by atoms with van der Waals surface area (Å²) in [4.78, 5) is 3.19. The van der Waals surface area contributed by atoms with Crippen LogP contribution in [0.25, 0.3) is 0 Å². The minimum absolute atomic E-state index is 0. The standard InChI is InChI=1S/C8H15N2P.ClH/c1-3-4-5-8-6-9-7(2)10(8)11;/h6H,3-5,11H2,1-2H3;1H. The van der Waals surface area contributed by atoms with E-state index < -0.39 is 0 Å². The van der Waals surface area contributed by atoms with Gasteiger partial charge >= 0.3 is 0 Å². The number of halogens is 1. The van der Waals surface area contributed by atoms with Crippen molar-refractivity contribution in [3.63, 3.8) is 0 Å². The highest BCUT2D eigenvalue weighted by atomic mass is 35.5. The average Bonchev–Trinajstić information content (AvgIpc) is 2.31. The number of aryl methyl sites for hydroxylation is 2. The van der Waals surface area contributed by atoms with Gasteiger partial charge in [-0.15, -0.1) is 0 Å². The fraction of sp³-hybridized carbons (Fsp3) is 0.625. The molecule has 0 bridgehead atoms. The number of nitrogens with one attached hydrogen (secondary N) is 1. The molecule has 0 fully saturated rings. The number of rotatable bonds is 3. The molecule has 0 spiro atoms. The highest BCUT2D eigenvalue weighted by Gasteiger charge is 2.08. The minimum Gasteiger partial charge on any atom is -1.00 e. The van der Waals surface area contributed by atoms with Crippen molar-refractivity contribution in [2.45, 2.75) is 33.1 Å². The quantitative estimate of drug-likeness (QED) is 0.587. The van der Waals surface area contributed by atoms with Crippen molar-refractivity contribution in [1.29, 1.82) is 0 Å². The van der Waals surface area contributed by atoms with E-state index in [2.05, 4.69) is 38.8 Å². The molecule has 0 aliphatic heterocycles. The van der Waals surface area contributed by atoms with Crippen LogP contribution in [0.4, 0.5) is 0 Å². The molecular weight excluding hydrogens is 191 g/mol. The normalized spacial score (nSPS) is 9.58. The molecule has 1 aromatic rings. The fourth-order valence-corrected chi connectivity index (χ4v) is 1.37. The van der Waals surface area contributed by atoms with Crippen molar-refractivity contribution in [3.8, 4) is 0 Å². The predicted octanol–water partition coefficient (Wildman–Crippen LogP) is -1.40. The molecular formula is C8H16ClN2P. The summed E-state index contributed by atoms with van der Waals surface area (Å²) >= 11 is 0. The van der Waals surface area contributed by atoms with Crippen LogP contribution in [0.15, 0.2) is 6.20 Å². The van der Waals surface area contributed by atoms with Crippen molar-refractivity contribution in [1.82, 2.24) is 4.98 Å². The molecule has 2 nitrogen and oxygen atoms in total. The van der Waals surface area contributed by atoms with Gasteiger partial charge in [0.1, 0.15) is 11.9 Å². The average molecular weight is 207 g/mol. The van der Waals surface area contributed by atoms with E-state index in [1.54, 1.807) is 0 Å². The number of aromatic amines is 1. The first-order valence-electron chi connectivity index (χ1n) is 4.09. The van der Waals surface area contributed by atoms with Gasteiger partial charge < -0.3 is 12.4 Å². The summed E-state index contributed by atoms with van der Waals surface area (Å²) in [7, 11) is 2.71. The Kier molecular flexibility index (Phi) is 5.52. The van der Waals surface area contributed by atoms with Gasteiger partial charge in [-0.3, -0.25) is 0 Å². The number of hydrogen-bond donors (Lipinski definition) is 1. The zero-order chi connectivity index (χ0) is 8.27. The van der Waals surface area contributed by atoms with Gasteiger partial charge in [0.2, 0.25) is 0 Å². The van der Waals surface area contributed by atoms with E-state index in [1.807, 2.05) is 0 Å². The Morgan fingerprint density at radius 3 is 2.67 bits per heavy atom. The van der Waals surface area contributed by atoms with Crippen LogP contribution >= 0.6 is 9.39 Å². The van der Waals surface area contributed by atoms with Crippen molar-refractivity contribution in [2.75, 3.05) is 0 Å². The summed E-state index contributed by atoms with van der Waals surface area (Å²) in [6, 6.07) is 0. The van der Waals surface area contributed by atoms with Crippen molar-refractivity contribution < 1.29 is 16.7 Å². The summed E-state index contributed by atoms with van der Waals surface area (Å²) < 4.78 is 2.13. The summed E-state index contributed by atoms with van der Waals surface area (Å²) in [5.41, 5.74) is 1.37. The van der Waals surface area contributed by atoms with Gasteiger partial charge in [0.05, 0.1) is 9.39 Å². The largest absolute Gasteiger partial charge is 1.00 e. The topological polar surface area (TPSA) is 19.7 Å². The molecule has 1 heterocycles. The molecule has 4 heteroatoms. The lowest BCUT2D eigenvalue weighted by Crippen LogP contribution is -3.00. The van der Waals surface area contributed by atoms with Gasteiger partial charge in [-0.05, 0) is 6.42 Å². The molecule has 70 valence electrons. The highest BCUT2D eigenvalue weighted by molar-refractivity contribution is 7.07. The maximum Gasteiger partial charge on any atom is 0.253 e. The SMILES string of the molecule is CCCCc1c[nH]c(C)[n+]1P.[Cl-]. The van der Waals surface area contributed by atoms with Crippen LogP contribution in [0, 0.1) is 6.92 Å². The van der Waals surface area contributed by atoms with E-state index in [1.165, 1.54) is 30.8 Å². The first-order valence-corrected chi connectivity index (χ1v) is 4.61. The molecule has 0 aliphatic carbocycles. The zero-order valence-electron chi connectivity index (χ0n) is 7.60. The molecule has 0 aromatic carbocycles. The number of H-pyrrole nitrogens is 1. The van der Waals surface area contributed by atoms with Gasteiger partial charge in [-0.1, -0.05) is 13.3 Å². The lowest BCUT2D eigenvalue weighted by atomic mass is 10.2. The second-order valence-electron chi connectivity index (χ2n) is 2.84. The third-order valence-electron chi connectivity index (χ3n) is 1.90. The van der Waals surface area contributed by atoms with E-state index in [9.17, 15) is 0 Å². The van der Waals surface area contributed by atoms with E-state index in [0.29, 0.717) is 0 Å². The Bertz CT molecular complexity index is 235. The Hall–Kier alpha value is -0.0700. The third-order valence-corrected chi connectivity index (χ3v) is 2.62. The maximum absolute atomic E-state index is 3.19. The van der Waals surface area contributed by atoms with Crippen LogP contribution < -0.4 is 16.7 Å². The Labute approximate surface area is 82.4 Å². The van der Waals surface area contributed by atoms with Crippen LogP contribution in [0.1, 0.15) is 31.3 Å². The van der Waals surface area contributed by atoms with Gasteiger partial charge in [0.25, 0.3) is 5.82 Å². The molecule has 1 unspecified atom stereocenters. The molecule has 1 rings (SSSR count). The van der Waals surface area contributed by atoms with Crippen molar-refractivity contribution in [2.24, 2.45) is 0 Å². The van der Waals surface area contributed by atoms with Crippen LogP contribution in [0.5, 0.6) is 0 Å². The molecule has 0 amide bonds. The Morgan fingerprint density at radius 2 is 2.25 bits per heavy atom. The van der Waals surface area contributed by atoms with E-state index in [4.69, 9.17) is 0 Å². The summed E-state index contributed by atoms with van der Waals surface area (Å²) in [6.07, 6.45) is 5.78. The van der Waals surface area contributed by atoms with Crippen LogP contribution in [-0.2, 0) is 6.42 Å². The first kappa shape index (κ1) is 11.9. The number of hydrogen-bond acceptors (Lipinski definition) is 0. The lowest BCUT2D eigenvalue weighted by molar-refractivity contribution is -0.515. The molecule has 12 heavy (non-hydrogen) atoms. The first-order chi connectivity index (χ1) is 5.25. The van der Waals surface area contributed by atoms with Crippen molar-refractivity contribution >= 4 is 9.39 Å². The zero-order valence-corrected chi connectivity index (χ0v) is 9.51. The highest BCUT2D eigenvalue weighted by Crippen LogP contribution is 2.01. The van der Waals surface area contributed by atoms with E-state index in [-0.39, 0.29) is 12.4 Å². The number of aromatic nitrogens is 2. The molecule has 1 aromatic heterocycles. The molecule has 0 aliphatic rings. The van der Waals surface area contributed by atoms with Crippen LogP contribution in [-0.4, -0.2) is 4.98 Å². The Morgan fingerprint density at radius 1 is 1.58 bits per heavy atom. The fourth-order valence-electron chi connectivity index (χ4n) is 1.09. The molecule has 0 saturated heterocycles. The van der Waals surface area contributed by atoms with Gasteiger partial charge in [0.15, 0.2) is 0 Å². The van der Waals surface area contributed by atoms with E-state index >= 15 is 0 Å². The second-order valence-corrected chi connectivity index (χ2v) is 3.36. The van der Waals surface area contributed by atoms with Gasteiger partial charge in [0, 0.05) is 13.3 Å². The monoisotopic (exact) mass is 206 g/mol. The Balaban J connectivity index is 0.00000121. The van der Waals surface area contributed by atoms with Crippen molar-refractivity contribution in [3.05, 3.63) is 17.7 Å². The molecule has 1 N–H and O–H groups in total. The number of nitrogens with zero attached hydrogens (tertiary/aromatic N) is 1. The lowest BCUT2D eigenvalue weighted by Gasteiger charge is -1.93. The van der Waals surface area contributed by atoms with Crippen LogP contribution in [0.3, 0.4) is 0 Å². The van der Waals surface area contributed by atoms with Crippen LogP contribution in [0.2, 0.25) is 0 Å². The summed E-state index contributed by atoms with van der Waals surface area (Å²) in [6.45, 7) is 4.29. The number of unbranched alkanes of at least 4 members (excludes halogenated alkanes) is 1. The summed E-state index contributed by atoms with van der Waals surface area (Å²) in [5.74, 6) is 1.20.